The van der Waals surface area contributed by atoms with Crippen molar-refractivity contribution in [2.75, 3.05) is 11.9 Å². The summed E-state index contributed by atoms with van der Waals surface area (Å²) in [6.45, 7) is 4.11. The van der Waals surface area contributed by atoms with Crippen molar-refractivity contribution in [1.82, 2.24) is 9.88 Å². The third-order valence-electron chi connectivity index (χ3n) is 8.52. The SMILES string of the molecule is CC1(C)c2sc(=O)[nH]c2S[C@@H]2[C@H]3C[C@@H]([C@@H]4C(=O)N(CCC(=O)Nc5cccc(C(F)(F)F)c5)C(=O)[C@@H]34)[C@@H]21. The van der Waals surface area contributed by atoms with Crippen LogP contribution in [0.1, 0.15) is 37.1 Å². The molecule has 37 heavy (non-hydrogen) atoms. The standard InChI is InChI=1S/C25H24F3N3O4S2/c1-24(2)17-12-9-13(18(17)36-20-19(24)37-23(35)30-20)16-15(12)21(33)31(22(16)34)7-6-14(32)29-11-5-3-4-10(8-11)25(26,27)28/h3-5,8,12-13,15-18H,6-7,9H2,1-2H3,(H,29,32)(H,30,35)/t12-,13-,15-,16-,17-,18+/m0/s1. The average molecular weight is 552 g/mol. The van der Waals surface area contributed by atoms with E-state index in [1.807, 2.05) is 0 Å². The second kappa shape index (κ2) is 8.20. The Morgan fingerprint density at radius 1 is 1.16 bits per heavy atom. The number of amides is 3. The van der Waals surface area contributed by atoms with Gasteiger partial charge in [0, 0.05) is 34.2 Å². The number of H-pyrrole nitrogens is 1. The Bertz CT molecular complexity index is 1380. The molecule has 12 heteroatoms. The van der Waals surface area contributed by atoms with Gasteiger partial charge in [-0.15, -0.1) is 11.8 Å². The number of fused-ring (bicyclic) bond motifs is 9. The van der Waals surface area contributed by atoms with E-state index in [2.05, 4.69) is 24.1 Å². The molecule has 1 aromatic heterocycles. The Balaban J connectivity index is 1.16. The fraction of sp³-hybridized carbons (Fsp3) is 0.520. The summed E-state index contributed by atoms with van der Waals surface area (Å²) in [6.07, 6.45) is -3.94. The molecule has 0 unspecified atom stereocenters. The first-order valence-corrected chi connectivity index (χ1v) is 13.8. The molecule has 2 bridgehead atoms. The molecule has 2 aromatic rings. The third-order valence-corrected chi connectivity index (χ3v) is 11.3. The first-order valence-electron chi connectivity index (χ1n) is 12.1. The van der Waals surface area contributed by atoms with Crippen LogP contribution in [0.3, 0.4) is 0 Å². The third kappa shape index (κ3) is 3.70. The molecule has 3 amide bonds. The minimum absolute atomic E-state index is 0.00246. The van der Waals surface area contributed by atoms with Gasteiger partial charge in [0.05, 0.1) is 22.4 Å². The molecular weight excluding hydrogens is 527 g/mol. The molecule has 196 valence electrons. The van der Waals surface area contributed by atoms with Crippen LogP contribution in [-0.4, -0.2) is 39.4 Å². The van der Waals surface area contributed by atoms with Gasteiger partial charge >= 0.3 is 11.0 Å². The molecule has 6 rings (SSSR count). The minimum atomic E-state index is -4.53. The van der Waals surface area contributed by atoms with Gasteiger partial charge in [-0.1, -0.05) is 31.3 Å². The van der Waals surface area contributed by atoms with Crippen LogP contribution in [0.5, 0.6) is 0 Å². The van der Waals surface area contributed by atoms with Crippen LogP contribution >= 0.6 is 23.1 Å². The zero-order valence-electron chi connectivity index (χ0n) is 19.9. The largest absolute Gasteiger partial charge is 0.416 e. The number of aromatic nitrogens is 1. The van der Waals surface area contributed by atoms with Crippen molar-refractivity contribution in [3.63, 3.8) is 0 Å². The summed E-state index contributed by atoms with van der Waals surface area (Å²) >= 11 is 2.83. The fourth-order valence-electron chi connectivity index (χ4n) is 7.15. The Morgan fingerprint density at radius 2 is 1.86 bits per heavy atom. The summed E-state index contributed by atoms with van der Waals surface area (Å²) in [7, 11) is 0. The summed E-state index contributed by atoms with van der Waals surface area (Å²) in [5, 5.41) is 3.42. The van der Waals surface area contributed by atoms with Crippen molar-refractivity contribution in [3.05, 3.63) is 44.4 Å². The number of thioether (sulfide) groups is 1. The summed E-state index contributed by atoms with van der Waals surface area (Å²) in [5.74, 6) is -1.77. The Labute approximate surface area is 218 Å². The number of aromatic amines is 1. The first kappa shape index (κ1) is 24.7. The van der Waals surface area contributed by atoms with E-state index in [0.717, 1.165) is 28.5 Å². The van der Waals surface area contributed by atoms with Gasteiger partial charge in [0.2, 0.25) is 17.7 Å². The monoisotopic (exact) mass is 551 g/mol. The number of thiazole rings is 1. The topological polar surface area (TPSA) is 99.3 Å². The van der Waals surface area contributed by atoms with E-state index in [-0.39, 0.29) is 63.8 Å². The van der Waals surface area contributed by atoms with Gasteiger partial charge in [0.25, 0.3) is 0 Å². The van der Waals surface area contributed by atoms with Crippen LogP contribution in [-0.2, 0) is 26.0 Å². The molecule has 6 atom stereocenters. The quantitative estimate of drug-likeness (QED) is 0.558. The molecular formula is C25H24F3N3O4S2. The lowest BCUT2D eigenvalue weighted by Gasteiger charge is -2.47. The van der Waals surface area contributed by atoms with Crippen LogP contribution in [0.25, 0.3) is 0 Å². The summed E-state index contributed by atoms with van der Waals surface area (Å²) < 4.78 is 38.8. The van der Waals surface area contributed by atoms with Crippen molar-refractivity contribution < 1.29 is 27.6 Å². The van der Waals surface area contributed by atoms with Gasteiger partial charge in [-0.3, -0.25) is 24.1 Å². The average Bonchev–Trinajstić information content (AvgIpc) is 3.54. The maximum absolute atomic E-state index is 13.4. The van der Waals surface area contributed by atoms with E-state index in [9.17, 15) is 32.3 Å². The first-order chi connectivity index (χ1) is 17.4. The van der Waals surface area contributed by atoms with E-state index in [0.29, 0.717) is 0 Å². The van der Waals surface area contributed by atoms with Crippen molar-refractivity contribution in [2.24, 2.45) is 29.6 Å². The number of halogens is 3. The molecule has 2 saturated carbocycles. The predicted octanol–water partition coefficient (Wildman–Crippen LogP) is 4.10. The molecule has 1 saturated heterocycles. The number of benzene rings is 1. The van der Waals surface area contributed by atoms with Crippen LogP contribution < -0.4 is 10.2 Å². The minimum Gasteiger partial charge on any atom is -0.326 e. The van der Waals surface area contributed by atoms with E-state index in [1.165, 1.54) is 28.4 Å². The molecule has 3 fully saturated rings. The number of nitrogens with zero attached hydrogens (tertiary/aromatic N) is 1. The summed E-state index contributed by atoms with van der Waals surface area (Å²) in [6, 6.07) is 4.32. The van der Waals surface area contributed by atoms with E-state index < -0.39 is 29.5 Å². The molecule has 3 heterocycles. The maximum Gasteiger partial charge on any atom is 0.416 e. The molecule has 2 aliphatic carbocycles. The van der Waals surface area contributed by atoms with Crippen molar-refractivity contribution in [3.8, 4) is 0 Å². The molecule has 7 nitrogen and oxygen atoms in total. The molecule has 2 aliphatic heterocycles. The van der Waals surface area contributed by atoms with Crippen LogP contribution in [0.15, 0.2) is 34.1 Å². The van der Waals surface area contributed by atoms with Gasteiger partial charge in [0.1, 0.15) is 0 Å². The highest BCUT2D eigenvalue weighted by Crippen LogP contribution is 2.68. The number of carbonyl (C=O) groups excluding carboxylic acids is 3. The number of likely N-dealkylation sites (tertiary alicyclic amines) is 1. The number of alkyl halides is 3. The number of anilines is 1. The van der Waals surface area contributed by atoms with Crippen LogP contribution in [0, 0.1) is 29.6 Å². The smallest absolute Gasteiger partial charge is 0.326 e. The lowest BCUT2D eigenvalue weighted by atomic mass is 9.64. The van der Waals surface area contributed by atoms with E-state index in [1.54, 1.807) is 11.8 Å². The summed E-state index contributed by atoms with van der Waals surface area (Å²) in [4.78, 5) is 56.3. The Morgan fingerprint density at radius 3 is 2.57 bits per heavy atom. The fourth-order valence-corrected chi connectivity index (χ4v) is 10.3. The molecule has 1 aromatic carbocycles. The number of nitrogens with one attached hydrogen (secondary N) is 2. The highest BCUT2D eigenvalue weighted by atomic mass is 32.2. The number of imide groups is 1. The Hall–Kier alpha value is -2.60. The zero-order chi connectivity index (χ0) is 26.4. The van der Waals surface area contributed by atoms with Gasteiger partial charge in [0.15, 0.2) is 0 Å². The second-order valence-corrected chi connectivity index (χ2v) is 13.0. The predicted molar refractivity (Wildman–Crippen MR) is 131 cm³/mol. The van der Waals surface area contributed by atoms with Crippen molar-refractivity contribution in [1.29, 1.82) is 0 Å². The van der Waals surface area contributed by atoms with Crippen LogP contribution in [0.2, 0.25) is 0 Å². The van der Waals surface area contributed by atoms with Gasteiger partial charge in [-0.05, 0) is 42.4 Å². The maximum atomic E-state index is 13.4. The zero-order valence-corrected chi connectivity index (χ0v) is 21.6. The van der Waals surface area contributed by atoms with Crippen molar-refractivity contribution in [2.45, 2.75) is 48.6 Å². The van der Waals surface area contributed by atoms with Gasteiger partial charge in [-0.2, -0.15) is 13.2 Å². The number of rotatable bonds is 4. The van der Waals surface area contributed by atoms with E-state index in [4.69, 9.17) is 0 Å². The van der Waals surface area contributed by atoms with E-state index >= 15 is 0 Å². The highest BCUT2D eigenvalue weighted by molar-refractivity contribution is 8.00. The van der Waals surface area contributed by atoms with Gasteiger partial charge < -0.3 is 10.3 Å². The molecule has 0 spiro atoms. The lowest BCUT2D eigenvalue weighted by molar-refractivity contribution is -0.141. The number of hydrogen-bond donors (Lipinski definition) is 2. The second-order valence-electron chi connectivity index (χ2n) is 10.8. The molecule has 4 aliphatic rings. The van der Waals surface area contributed by atoms with Crippen LogP contribution in [0.4, 0.5) is 18.9 Å². The number of carbonyl (C=O) groups is 3. The highest BCUT2D eigenvalue weighted by Gasteiger charge is 2.70. The Kier molecular flexibility index (Phi) is 5.48. The lowest BCUT2D eigenvalue weighted by Crippen LogP contribution is -2.48. The number of hydrogen-bond acceptors (Lipinski definition) is 6. The van der Waals surface area contributed by atoms with Gasteiger partial charge in [-0.25, -0.2) is 0 Å². The normalized spacial score (nSPS) is 31.3. The van der Waals surface area contributed by atoms with Crippen molar-refractivity contribution >= 4 is 46.5 Å². The molecule has 2 N–H and O–H groups in total. The molecule has 0 radical (unpaired) electrons. The summed E-state index contributed by atoms with van der Waals surface area (Å²) in [5.41, 5.74) is -1.18.